The van der Waals surface area contributed by atoms with E-state index >= 15 is 0 Å². The summed E-state index contributed by atoms with van der Waals surface area (Å²) in [4.78, 5) is 7.20. The van der Waals surface area contributed by atoms with Crippen LogP contribution in [0.2, 0.25) is 0 Å². The first-order chi connectivity index (χ1) is 9.53. The number of hydrogen-bond acceptors (Lipinski definition) is 5. The fourth-order valence-corrected chi connectivity index (χ4v) is 2.77. The SMILES string of the molecule is CCNS(=O)(=O)c1ccc(N)c(NCc2ncc[nH]2)c1. The lowest BCUT2D eigenvalue weighted by molar-refractivity contribution is 0.584. The number of benzene rings is 1. The fourth-order valence-electron chi connectivity index (χ4n) is 1.70. The molecule has 0 spiro atoms. The number of nitrogen functional groups attached to an aromatic ring is 1. The molecule has 5 N–H and O–H groups in total. The lowest BCUT2D eigenvalue weighted by Gasteiger charge is -2.11. The molecule has 0 aliphatic carbocycles. The number of H-pyrrole nitrogens is 1. The first-order valence-corrected chi connectivity index (χ1v) is 7.62. The van der Waals surface area contributed by atoms with Crippen LogP contribution in [-0.4, -0.2) is 24.9 Å². The minimum absolute atomic E-state index is 0.176. The van der Waals surface area contributed by atoms with Crippen LogP contribution in [-0.2, 0) is 16.6 Å². The maximum absolute atomic E-state index is 11.9. The van der Waals surface area contributed by atoms with Crippen molar-refractivity contribution < 1.29 is 8.42 Å². The Morgan fingerprint density at radius 3 is 2.85 bits per heavy atom. The second-order valence-corrected chi connectivity index (χ2v) is 5.91. The van der Waals surface area contributed by atoms with Crippen LogP contribution < -0.4 is 15.8 Å². The molecule has 1 heterocycles. The molecule has 0 bridgehead atoms. The molecule has 2 rings (SSSR count). The summed E-state index contributed by atoms with van der Waals surface area (Å²) in [6, 6.07) is 4.55. The lowest BCUT2D eigenvalue weighted by atomic mass is 10.2. The first kappa shape index (κ1) is 14.4. The van der Waals surface area contributed by atoms with E-state index in [-0.39, 0.29) is 4.90 Å². The molecule has 0 saturated carbocycles. The third-order valence-corrected chi connectivity index (χ3v) is 4.21. The molecule has 0 amide bonds. The van der Waals surface area contributed by atoms with E-state index in [2.05, 4.69) is 20.0 Å². The first-order valence-electron chi connectivity index (χ1n) is 6.14. The van der Waals surface area contributed by atoms with Crippen LogP contribution in [0.3, 0.4) is 0 Å². The van der Waals surface area contributed by atoms with Crippen molar-refractivity contribution >= 4 is 21.4 Å². The molecule has 0 fully saturated rings. The number of imidazole rings is 1. The number of aromatic nitrogens is 2. The summed E-state index contributed by atoms with van der Waals surface area (Å²) in [5.41, 5.74) is 6.87. The summed E-state index contributed by atoms with van der Waals surface area (Å²) < 4.78 is 26.3. The van der Waals surface area contributed by atoms with Gasteiger partial charge in [-0.25, -0.2) is 18.1 Å². The molecule has 1 aromatic heterocycles. The Hall–Kier alpha value is -2.06. The Bertz CT molecular complexity index is 667. The van der Waals surface area contributed by atoms with E-state index in [0.717, 1.165) is 5.82 Å². The smallest absolute Gasteiger partial charge is 0.240 e. The Kier molecular flexibility index (Phi) is 4.26. The number of rotatable bonds is 6. The highest BCUT2D eigenvalue weighted by Crippen LogP contribution is 2.23. The molecule has 20 heavy (non-hydrogen) atoms. The number of sulfonamides is 1. The number of nitrogens with zero attached hydrogens (tertiary/aromatic N) is 1. The highest BCUT2D eigenvalue weighted by atomic mass is 32.2. The average Bonchev–Trinajstić information content (AvgIpc) is 2.90. The summed E-state index contributed by atoms with van der Waals surface area (Å²) in [5.74, 6) is 0.740. The van der Waals surface area contributed by atoms with Crippen molar-refractivity contribution in [3.63, 3.8) is 0 Å². The third-order valence-electron chi connectivity index (χ3n) is 2.67. The molecule has 0 radical (unpaired) electrons. The third kappa shape index (κ3) is 3.28. The molecule has 2 aromatic rings. The van der Waals surface area contributed by atoms with Gasteiger partial charge in [0.15, 0.2) is 0 Å². The van der Waals surface area contributed by atoms with Crippen molar-refractivity contribution in [2.45, 2.75) is 18.4 Å². The highest BCUT2D eigenvalue weighted by molar-refractivity contribution is 7.89. The van der Waals surface area contributed by atoms with Gasteiger partial charge in [0.2, 0.25) is 10.0 Å². The van der Waals surface area contributed by atoms with E-state index in [0.29, 0.717) is 24.5 Å². The monoisotopic (exact) mass is 295 g/mol. The Labute approximate surface area is 117 Å². The predicted molar refractivity (Wildman–Crippen MR) is 77.6 cm³/mol. The van der Waals surface area contributed by atoms with Crippen LogP contribution in [0.15, 0.2) is 35.5 Å². The minimum Gasteiger partial charge on any atom is -0.397 e. The van der Waals surface area contributed by atoms with Crippen LogP contribution in [0.5, 0.6) is 0 Å². The topological polar surface area (TPSA) is 113 Å². The summed E-state index contributed by atoms with van der Waals surface area (Å²) in [5, 5.41) is 3.06. The Morgan fingerprint density at radius 2 is 2.20 bits per heavy atom. The highest BCUT2D eigenvalue weighted by Gasteiger charge is 2.14. The minimum atomic E-state index is -3.49. The number of aromatic amines is 1. The zero-order chi connectivity index (χ0) is 14.6. The molecule has 0 atom stereocenters. The van der Waals surface area contributed by atoms with E-state index in [1.54, 1.807) is 25.4 Å². The molecule has 108 valence electrons. The second kappa shape index (κ2) is 5.93. The summed E-state index contributed by atoms with van der Waals surface area (Å²) in [6.07, 6.45) is 3.36. The maximum atomic E-state index is 11.9. The van der Waals surface area contributed by atoms with Gasteiger partial charge < -0.3 is 16.0 Å². The van der Waals surface area contributed by atoms with Gasteiger partial charge in [0.1, 0.15) is 5.82 Å². The van der Waals surface area contributed by atoms with Crippen molar-refractivity contribution in [2.24, 2.45) is 0 Å². The molecule has 8 heteroatoms. The molecule has 0 unspecified atom stereocenters. The molecule has 7 nitrogen and oxygen atoms in total. The largest absolute Gasteiger partial charge is 0.397 e. The van der Waals surface area contributed by atoms with Crippen LogP contribution in [0.1, 0.15) is 12.7 Å². The maximum Gasteiger partial charge on any atom is 0.240 e. The quantitative estimate of drug-likeness (QED) is 0.591. The van der Waals surface area contributed by atoms with Crippen LogP contribution in [0.4, 0.5) is 11.4 Å². The molecular formula is C12H17N5O2S. The van der Waals surface area contributed by atoms with Gasteiger partial charge in [0.25, 0.3) is 0 Å². The number of nitrogens with two attached hydrogens (primary N) is 1. The Balaban J connectivity index is 2.20. The average molecular weight is 295 g/mol. The molecule has 0 aliphatic rings. The van der Waals surface area contributed by atoms with E-state index in [1.165, 1.54) is 12.1 Å². The summed E-state index contributed by atoms with van der Waals surface area (Å²) in [6.45, 7) is 2.49. The van der Waals surface area contributed by atoms with Gasteiger partial charge in [-0.2, -0.15) is 0 Å². The zero-order valence-electron chi connectivity index (χ0n) is 11.1. The summed E-state index contributed by atoms with van der Waals surface area (Å²) >= 11 is 0. The zero-order valence-corrected chi connectivity index (χ0v) is 11.9. The number of nitrogens with one attached hydrogen (secondary N) is 3. The van der Waals surface area contributed by atoms with Gasteiger partial charge in [-0.05, 0) is 18.2 Å². The normalized spacial score (nSPS) is 11.4. The number of hydrogen-bond donors (Lipinski definition) is 4. The lowest BCUT2D eigenvalue weighted by Crippen LogP contribution is -2.23. The van der Waals surface area contributed by atoms with Gasteiger partial charge in [0.05, 0.1) is 22.8 Å². The van der Waals surface area contributed by atoms with Gasteiger partial charge in [-0.1, -0.05) is 6.92 Å². The van der Waals surface area contributed by atoms with E-state index < -0.39 is 10.0 Å². The Morgan fingerprint density at radius 1 is 1.40 bits per heavy atom. The number of anilines is 2. The van der Waals surface area contributed by atoms with Gasteiger partial charge >= 0.3 is 0 Å². The van der Waals surface area contributed by atoms with Crippen molar-refractivity contribution in [1.29, 1.82) is 0 Å². The standard InChI is InChI=1S/C12H17N5O2S/c1-2-17-20(18,19)9-3-4-10(13)11(7-9)16-8-12-14-5-6-15-12/h3-7,16-17H,2,8,13H2,1H3,(H,14,15). The van der Waals surface area contributed by atoms with E-state index in [9.17, 15) is 8.42 Å². The van der Waals surface area contributed by atoms with Crippen LogP contribution in [0, 0.1) is 0 Å². The molecular weight excluding hydrogens is 278 g/mol. The predicted octanol–water partition coefficient (Wildman–Crippen LogP) is 0.902. The molecule has 1 aromatic carbocycles. The van der Waals surface area contributed by atoms with Gasteiger partial charge in [-0.15, -0.1) is 0 Å². The molecule has 0 saturated heterocycles. The second-order valence-electron chi connectivity index (χ2n) is 4.14. The van der Waals surface area contributed by atoms with Crippen LogP contribution >= 0.6 is 0 Å². The van der Waals surface area contributed by atoms with Gasteiger partial charge in [0, 0.05) is 18.9 Å². The van der Waals surface area contributed by atoms with Gasteiger partial charge in [-0.3, -0.25) is 0 Å². The molecule has 0 aliphatic heterocycles. The summed E-state index contributed by atoms with van der Waals surface area (Å²) in [7, 11) is -3.49. The van der Waals surface area contributed by atoms with Crippen molar-refractivity contribution in [3.8, 4) is 0 Å². The van der Waals surface area contributed by atoms with Crippen molar-refractivity contribution in [1.82, 2.24) is 14.7 Å². The van der Waals surface area contributed by atoms with E-state index in [1.807, 2.05) is 0 Å². The fraction of sp³-hybridized carbons (Fsp3) is 0.250. The van der Waals surface area contributed by atoms with E-state index in [4.69, 9.17) is 5.73 Å². The van der Waals surface area contributed by atoms with Crippen molar-refractivity contribution in [2.75, 3.05) is 17.6 Å². The van der Waals surface area contributed by atoms with Crippen molar-refractivity contribution in [3.05, 3.63) is 36.4 Å². The van der Waals surface area contributed by atoms with Crippen LogP contribution in [0.25, 0.3) is 0 Å².